The van der Waals surface area contributed by atoms with Crippen molar-refractivity contribution in [1.29, 1.82) is 0 Å². The van der Waals surface area contributed by atoms with Gasteiger partial charge in [0.15, 0.2) is 0 Å². The number of piperazine rings is 1. The fourth-order valence-electron chi connectivity index (χ4n) is 6.33. The quantitative estimate of drug-likeness (QED) is 0.259. The van der Waals surface area contributed by atoms with E-state index < -0.39 is 17.2 Å². The van der Waals surface area contributed by atoms with Crippen molar-refractivity contribution >= 4 is 5.69 Å². The van der Waals surface area contributed by atoms with Crippen LogP contribution < -0.4 is 20.6 Å². The molecule has 0 spiro atoms. The van der Waals surface area contributed by atoms with Crippen LogP contribution in [0.1, 0.15) is 23.6 Å². The van der Waals surface area contributed by atoms with Crippen molar-refractivity contribution in [3.05, 3.63) is 119 Å². The number of H-pyrrole nitrogens is 1. The third-order valence-corrected chi connectivity index (χ3v) is 8.53. The zero-order chi connectivity index (χ0) is 30.8. The van der Waals surface area contributed by atoms with Gasteiger partial charge in [-0.3, -0.25) is 0 Å². The third-order valence-electron chi connectivity index (χ3n) is 8.53. The van der Waals surface area contributed by atoms with Crippen molar-refractivity contribution in [1.82, 2.24) is 34.8 Å². The Morgan fingerprint density at radius 2 is 1.84 bits per heavy atom. The molecule has 0 amide bonds. The standard InChI is InChI=1S/C32H32F2N8O3/c33-24-3-10-28(29(34)13-24)32(18-40-20-36-19-38-40)14-22(17-45-32)16-44-27-8-1-23(2-9-27)30-15-35-11-12-41(30)25-4-6-26(7-5-25)42-21-37-39-31(42)43/h1-10,13,19-22,30,35H,11-12,14-18H2,(H,39,43). The molecule has 232 valence electrons. The van der Waals surface area contributed by atoms with Gasteiger partial charge in [0.1, 0.15) is 42.0 Å². The van der Waals surface area contributed by atoms with E-state index in [-0.39, 0.29) is 24.2 Å². The van der Waals surface area contributed by atoms with Crippen LogP contribution in [0, 0.1) is 17.6 Å². The minimum absolute atomic E-state index is 0.0171. The second-order valence-corrected chi connectivity index (χ2v) is 11.4. The van der Waals surface area contributed by atoms with Gasteiger partial charge < -0.3 is 19.7 Å². The summed E-state index contributed by atoms with van der Waals surface area (Å²) in [5.41, 5.74) is 1.95. The normalized spacial score (nSPS) is 21.7. The molecule has 11 nitrogen and oxygen atoms in total. The van der Waals surface area contributed by atoms with Crippen molar-refractivity contribution in [2.24, 2.45) is 5.92 Å². The molecule has 2 aromatic heterocycles. The summed E-state index contributed by atoms with van der Waals surface area (Å²) < 4.78 is 44.1. The molecule has 2 N–H and O–H groups in total. The number of aromatic amines is 1. The molecule has 13 heteroatoms. The smallest absolute Gasteiger partial charge is 0.347 e. The highest BCUT2D eigenvalue weighted by molar-refractivity contribution is 5.53. The van der Waals surface area contributed by atoms with Gasteiger partial charge in [-0.05, 0) is 54.4 Å². The molecule has 0 radical (unpaired) electrons. The minimum atomic E-state index is -1.02. The van der Waals surface area contributed by atoms with Crippen LogP contribution in [0.2, 0.25) is 0 Å². The molecular formula is C32H32F2N8O3. The van der Waals surface area contributed by atoms with Gasteiger partial charge in [-0.15, -0.1) is 0 Å². The number of benzene rings is 3. The Balaban J connectivity index is 1.02. The summed E-state index contributed by atoms with van der Waals surface area (Å²) >= 11 is 0. The van der Waals surface area contributed by atoms with E-state index in [1.807, 2.05) is 36.4 Å². The number of ether oxygens (including phenoxy) is 2. The van der Waals surface area contributed by atoms with Crippen LogP contribution in [0.3, 0.4) is 0 Å². The molecule has 2 aliphatic rings. The van der Waals surface area contributed by atoms with Crippen molar-refractivity contribution in [2.45, 2.75) is 24.6 Å². The Bertz CT molecular complexity index is 1790. The molecule has 0 aliphatic carbocycles. The van der Waals surface area contributed by atoms with Crippen LogP contribution in [-0.4, -0.2) is 62.4 Å². The van der Waals surface area contributed by atoms with E-state index in [1.54, 1.807) is 11.0 Å². The molecule has 3 unspecified atom stereocenters. The number of anilines is 1. The molecule has 3 atom stereocenters. The predicted molar refractivity (Wildman–Crippen MR) is 161 cm³/mol. The van der Waals surface area contributed by atoms with Crippen LogP contribution in [0.15, 0.2) is 90.5 Å². The van der Waals surface area contributed by atoms with E-state index in [1.165, 1.54) is 29.4 Å². The van der Waals surface area contributed by atoms with Crippen LogP contribution >= 0.6 is 0 Å². The average Bonchev–Trinajstić information content (AvgIpc) is 3.83. The molecule has 5 aromatic rings. The first-order valence-corrected chi connectivity index (χ1v) is 14.8. The number of hydrogen-bond acceptors (Lipinski definition) is 8. The van der Waals surface area contributed by atoms with Gasteiger partial charge in [-0.1, -0.05) is 18.2 Å². The number of nitrogens with one attached hydrogen (secondary N) is 2. The number of hydrogen-bond donors (Lipinski definition) is 2. The fraction of sp³-hybridized carbons (Fsp3) is 0.312. The van der Waals surface area contributed by atoms with Gasteiger partial charge in [-0.25, -0.2) is 32.9 Å². The van der Waals surface area contributed by atoms with E-state index in [2.05, 4.69) is 42.6 Å². The lowest BCUT2D eigenvalue weighted by Gasteiger charge is -2.38. The highest BCUT2D eigenvalue weighted by Crippen LogP contribution is 2.42. The Kier molecular flexibility index (Phi) is 7.86. The molecule has 0 saturated carbocycles. The Morgan fingerprint density at radius 1 is 1.02 bits per heavy atom. The fourth-order valence-corrected chi connectivity index (χ4v) is 6.33. The molecular weight excluding hydrogens is 582 g/mol. The van der Waals surface area contributed by atoms with Crippen LogP contribution in [0.25, 0.3) is 5.69 Å². The number of rotatable bonds is 9. The van der Waals surface area contributed by atoms with Gasteiger partial charge in [0.2, 0.25) is 0 Å². The molecule has 2 fully saturated rings. The first-order chi connectivity index (χ1) is 22.0. The Labute approximate surface area is 257 Å². The van der Waals surface area contributed by atoms with Crippen molar-refractivity contribution in [3.8, 4) is 11.4 Å². The second kappa shape index (κ2) is 12.3. The van der Waals surface area contributed by atoms with Crippen LogP contribution in [0.5, 0.6) is 5.75 Å². The number of aromatic nitrogens is 6. The van der Waals surface area contributed by atoms with Gasteiger partial charge >= 0.3 is 5.69 Å². The summed E-state index contributed by atoms with van der Waals surface area (Å²) in [4.78, 5) is 18.3. The SMILES string of the molecule is O=c1[nH]ncn1-c1ccc(N2CCNCC2c2ccc(OCC3COC(Cn4cncn4)(c4ccc(F)cc4F)C3)cc2)cc1. The molecule has 2 saturated heterocycles. The highest BCUT2D eigenvalue weighted by atomic mass is 19.1. The monoisotopic (exact) mass is 614 g/mol. The zero-order valence-corrected chi connectivity index (χ0v) is 24.4. The summed E-state index contributed by atoms with van der Waals surface area (Å²) in [6, 6.07) is 19.7. The Hall–Kier alpha value is -4.88. The molecule has 45 heavy (non-hydrogen) atoms. The van der Waals surface area contributed by atoms with Crippen molar-refractivity contribution in [3.63, 3.8) is 0 Å². The number of halogens is 2. The average molecular weight is 615 g/mol. The molecule has 2 aliphatic heterocycles. The third kappa shape index (κ3) is 5.96. The van der Waals surface area contributed by atoms with Gasteiger partial charge in [0.05, 0.1) is 31.5 Å². The predicted octanol–water partition coefficient (Wildman–Crippen LogP) is 3.59. The Morgan fingerprint density at radius 3 is 2.58 bits per heavy atom. The lowest BCUT2D eigenvalue weighted by Crippen LogP contribution is -2.46. The zero-order valence-electron chi connectivity index (χ0n) is 24.4. The van der Waals surface area contributed by atoms with Crippen molar-refractivity contribution < 1.29 is 18.3 Å². The van der Waals surface area contributed by atoms with E-state index in [0.29, 0.717) is 25.2 Å². The summed E-state index contributed by atoms with van der Waals surface area (Å²) in [7, 11) is 0. The maximum absolute atomic E-state index is 15.0. The number of nitrogens with zero attached hydrogens (tertiary/aromatic N) is 6. The summed E-state index contributed by atoms with van der Waals surface area (Å²) in [6.07, 6.45) is 4.91. The maximum atomic E-state index is 15.0. The van der Waals surface area contributed by atoms with Crippen LogP contribution in [-0.2, 0) is 16.9 Å². The molecule has 4 heterocycles. The summed E-state index contributed by atoms with van der Waals surface area (Å²) in [6.45, 7) is 3.48. The second-order valence-electron chi connectivity index (χ2n) is 11.4. The van der Waals surface area contributed by atoms with Gasteiger partial charge in [0, 0.05) is 42.9 Å². The summed E-state index contributed by atoms with van der Waals surface area (Å²) in [5, 5.41) is 13.9. The van der Waals surface area contributed by atoms with Crippen molar-refractivity contribution in [2.75, 3.05) is 37.7 Å². The topological polar surface area (TPSA) is 115 Å². The van der Waals surface area contributed by atoms with Crippen LogP contribution in [0.4, 0.5) is 14.5 Å². The molecule has 0 bridgehead atoms. The van der Waals surface area contributed by atoms with E-state index in [0.717, 1.165) is 48.4 Å². The van der Waals surface area contributed by atoms with E-state index in [4.69, 9.17) is 9.47 Å². The maximum Gasteiger partial charge on any atom is 0.347 e. The largest absolute Gasteiger partial charge is 0.493 e. The van der Waals surface area contributed by atoms with E-state index in [9.17, 15) is 13.6 Å². The minimum Gasteiger partial charge on any atom is -0.493 e. The lowest BCUT2D eigenvalue weighted by molar-refractivity contribution is -0.0206. The molecule has 7 rings (SSSR count). The molecule has 3 aromatic carbocycles. The van der Waals surface area contributed by atoms with Gasteiger partial charge in [0.25, 0.3) is 0 Å². The summed E-state index contributed by atoms with van der Waals surface area (Å²) in [5.74, 6) is -0.577. The lowest BCUT2D eigenvalue weighted by atomic mass is 9.87. The van der Waals surface area contributed by atoms with Gasteiger partial charge in [-0.2, -0.15) is 10.2 Å². The highest BCUT2D eigenvalue weighted by Gasteiger charge is 2.44. The van der Waals surface area contributed by atoms with E-state index >= 15 is 0 Å². The first-order valence-electron chi connectivity index (χ1n) is 14.8. The first kappa shape index (κ1) is 28.9.